The molecule has 1 N–H and O–H groups in total. The van der Waals surface area contributed by atoms with E-state index in [1.165, 1.54) is 0 Å². The van der Waals surface area contributed by atoms with Gasteiger partial charge in [-0.15, -0.1) is 0 Å². The van der Waals surface area contributed by atoms with Crippen LogP contribution in [0.25, 0.3) is 32.6 Å². The maximum absolute atomic E-state index is 13.7. The summed E-state index contributed by atoms with van der Waals surface area (Å²) in [6.45, 7) is 12.9. The van der Waals surface area contributed by atoms with Crippen molar-refractivity contribution in [1.82, 2.24) is 14.8 Å². The molecule has 35 heavy (non-hydrogen) atoms. The second-order valence-electron chi connectivity index (χ2n) is 10.4. The Hall–Kier alpha value is -2.89. The van der Waals surface area contributed by atoms with Gasteiger partial charge in [0, 0.05) is 35.8 Å². The molecule has 5 rings (SSSR count). The number of aryl methyl sites for hydroxylation is 1. The zero-order valence-corrected chi connectivity index (χ0v) is 21.6. The zero-order valence-electron chi connectivity index (χ0n) is 21.6. The third-order valence-corrected chi connectivity index (χ3v) is 7.59. The van der Waals surface area contributed by atoms with Crippen LogP contribution in [0.5, 0.6) is 5.75 Å². The van der Waals surface area contributed by atoms with Crippen molar-refractivity contribution in [3.63, 3.8) is 0 Å². The molecule has 5 nitrogen and oxygen atoms in total. The molecule has 184 valence electrons. The number of fused-ring (bicyclic) bond motifs is 5. The Morgan fingerprint density at radius 3 is 2.49 bits per heavy atom. The van der Waals surface area contributed by atoms with E-state index in [0.717, 1.165) is 82.9 Å². The molecule has 2 heterocycles. The van der Waals surface area contributed by atoms with Gasteiger partial charge >= 0.3 is 0 Å². The Labute approximate surface area is 207 Å². The van der Waals surface area contributed by atoms with Crippen LogP contribution in [-0.2, 0) is 7.05 Å². The molecule has 1 aromatic heterocycles. The number of ether oxygens (including phenoxy) is 1. The SMILES string of the molecule is CCN(CC)CCCNC1CC(C)(C)Oc2ccc3c(=O)c4cc5ccccc5cc4n(C)c3c21. The van der Waals surface area contributed by atoms with Crippen LogP contribution in [-0.4, -0.2) is 41.2 Å². The molecule has 0 spiro atoms. The smallest absolute Gasteiger partial charge is 0.197 e. The molecule has 1 aliphatic heterocycles. The van der Waals surface area contributed by atoms with E-state index in [-0.39, 0.29) is 17.1 Å². The minimum Gasteiger partial charge on any atom is -0.487 e. The highest BCUT2D eigenvalue weighted by atomic mass is 16.5. The van der Waals surface area contributed by atoms with Gasteiger partial charge in [-0.25, -0.2) is 0 Å². The van der Waals surface area contributed by atoms with Gasteiger partial charge in [0.1, 0.15) is 11.4 Å². The van der Waals surface area contributed by atoms with Gasteiger partial charge in [-0.3, -0.25) is 4.79 Å². The monoisotopic (exact) mass is 471 g/mol. The normalized spacial score (nSPS) is 17.3. The molecular weight excluding hydrogens is 434 g/mol. The Kier molecular flexibility index (Phi) is 6.32. The first-order chi connectivity index (χ1) is 16.8. The van der Waals surface area contributed by atoms with Crippen LogP contribution in [0.4, 0.5) is 0 Å². The van der Waals surface area contributed by atoms with Gasteiger partial charge in [0.15, 0.2) is 5.43 Å². The van der Waals surface area contributed by atoms with Crippen molar-refractivity contribution < 1.29 is 4.74 Å². The van der Waals surface area contributed by atoms with Gasteiger partial charge in [-0.1, -0.05) is 38.1 Å². The third kappa shape index (κ3) is 4.32. The first-order valence-electron chi connectivity index (χ1n) is 13.0. The molecule has 1 aliphatic rings. The number of hydrogen-bond donors (Lipinski definition) is 1. The van der Waals surface area contributed by atoms with Crippen LogP contribution in [0, 0.1) is 0 Å². The molecule has 5 heteroatoms. The molecule has 0 bridgehead atoms. The maximum Gasteiger partial charge on any atom is 0.197 e. The van der Waals surface area contributed by atoms with E-state index in [0.29, 0.717) is 0 Å². The predicted octanol–water partition coefficient (Wildman–Crippen LogP) is 5.77. The summed E-state index contributed by atoms with van der Waals surface area (Å²) in [6, 6.07) is 16.5. The molecule has 0 saturated heterocycles. The molecule has 1 unspecified atom stereocenters. The summed E-state index contributed by atoms with van der Waals surface area (Å²) in [5.74, 6) is 0.880. The van der Waals surface area contributed by atoms with Gasteiger partial charge in [-0.05, 0) is 81.5 Å². The van der Waals surface area contributed by atoms with E-state index in [1.54, 1.807) is 0 Å². The summed E-state index contributed by atoms with van der Waals surface area (Å²) in [5, 5.41) is 7.58. The van der Waals surface area contributed by atoms with Crippen molar-refractivity contribution in [1.29, 1.82) is 0 Å². The average molecular weight is 472 g/mol. The number of aromatic nitrogens is 1. The van der Waals surface area contributed by atoms with Crippen molar-refractivity contribution in [3.8, 4) is 5.75 Å². The first-order valence-corrected chi connectivity index (χ1v) is 13.0. The van der Waals surface area contributed by atoms with Crippen LogP contribution in [0.2, 0.25) is 0 Å². The quantitative estimate of drug-likeness (QED) is 0.275. The van der Waals surface area contributed by atoms with E-state index in [1.807, 2.05) is 30.3 Å². The maximum atomic E-state index is 13.7. The summed E-state index contributed by atoms with van der Waals surface area (Å²) < 4.78 is 8.65. The Balaban J connectivity index is 1.64. The van der Waals surface area contributed by atoms with E-state index in [4.69, 9.17) is 4.74 Å². The molecular formula is C30H37N3O2. The Bertz CT molecular complexity index is 1450. The fourth-order valence-electron chi connectivity index (χ4n) is 5.74. The van der Waals surface area contributed by atoms with Gasteiger partial charge in [0.05, 0.1) is 11.0 Å². The van der Waals surface area contributed by atoms with Crippen LogP contribution in [0.3, 0.4) is 0 Å². The van der Waals surface area contributed by atoms with Crippen molar-refractivity contribution in [2.75, 3.05) is 26.2 Å². The summed E-state index contributed by atoms with van der Waals surface area (Å²) in [6.07, 6.45) is 1.95. The van der Waals surface area contributed by atoms with Crippen molar-refractivity contribution in [3.05, 3.63) is 64.3 Å². The lowest BCUT2D eigenvalue weighted by Gasteiger charge is -2.39. The molecule has 1 atom stereocenters. The minimum absolute atomic E-state index is 0.0896. The van der Waals surface area contributed by atoms with Crippen LogP contribution >= 0.6 is 0 Å². The molecule has 0 saturated carbocycles. The fraction of sp³-hybridized carbons (Fsp3) is 0.433. The average Bonchev–Trinajstić information content (AvgIpc) is 2.85. The lowest BCUT2D eigenvalue weighted by atomic mass is 9.87. The van der Waals surface area contributed by atoms with E-state index < -0.39 is 0 Å². The van der Waals surface area contributed by atoms with Gasteiger partial charge < -0.3 is 19.5 Å². The van der Waals surface area contributed by atoms with E-state index >= 15 is 0 Å². The van der Waals surface area contributed by atoms with Crippen molar-refractivity contribution in [2.24, 2.45) is 7.05 Å². The number of hydrogen-bond acceptors (Lipinski definition) is 4. The first kappa shape index (κ1) is 23.8. The molecule has 3 aromatic carbocycles. The van der Waals surface area contributed by atoms with Crippen molar-refractivity contribution >= 4 is 32.6 Å². The number of nitrogens with one attached hydrogen (secondary N) is 1. The highest BCUT2D eigenvalue weighted by molar-refractivity contribution is 6.02. The van der Waals surface area contributed by atoms with E-state index in [9.17, 15) is 4.79 Å². The van der Waals surface area contributed by atoms with Crippen molar-refractivity contribution in [2.45, 2.75) is 52.2 Å². The lowest BCUT2D eigenvalue weighted by Crippen LogP contribution is -2.40. The highest BCUT2D eigenvalue weighted by Gasteiger charge is 2.35. The third-order valence-electron chi connectivity index (χ3n) is 7.59. The molecule has 0 fully saturated rings. The van der Waals surface area contributed by atoms with Gasteiger partial charge in [-0.2, -0.15) is 0 Å². The molecule has 0 aliphatic carbocycles. The summed E-state index contributed by atoms with van der Waals surface area (Å²) >= 11 is 0. The van der Waals surface area contributed by atoms with Crippen LogP contribution in [0.1, 0.15) is 52.1 Å². The fourth-order valence-corrected chi connectivity index (χ4v) is 5.74. The molecule has 0 amide bonds. The number of benzene rings is 3. The van der Waals surface area contributed by atoms with Gasteiger partial charge in [0.25, 0.3) is 0 Å². The van der Waals surface area contributed by atoms with Crippen LogP contribution in [0.15, 0.2) is 53.3 Å². The summed E-state index contributed by atoms with van der Waals surface area (Å²) in [5.41, 5.74) is 2.86. The highest BCUT2D eigenvalue weighted by Crippen LogP contribution is 2.43. The number of nitrogens with zero attached hydrogens (tertiary/aromatic N) is 2. The Morgan fingerprint density at radius 2 is 1.77 bits per heavy atom. The van der Waals surface area contributed by atoms with Crippen LogP contribution < -0.4 is 15.5 Å². The topological polar surface area (TPSA) is 46.5 Å². The minimum atomic E-state index is -0.275. The molecule has 4 aromatic rings. The standard InChI is InChI=1S/C30H37N3O2/c1-6-33(7-2)16-10-15-31-24-19-30(3,4)35-26-14-13-22-28(27(24)26)32(5)25-18-21-12-9-8-11-20(21)17-23(25)29(22)34/h8-9,11-14,17-18,24,31H,6-7,10,15-16,19H2,1-5H3. The number of pyridine rings is 1. The largest absolute Gasteiger partial charge is 0.487 e. The van der Waals surface area contributed by atoms with Gasteiger partial charge in [0.2, 0.25) is 0 Å². The summed E-state index contributed by atoms with van der Waals surface area (Å²) in [7, 11) is 2.08. The predicted molar refractivity (Wildman–Crippen MR) is 147 cm³/mol. The lowest BCUT2D eigenvalue weighted by molar-refractivity contribution is 0.0665. The van der Waals surface area contributed by atoms with E-state index in [2.05, 4.69) is 67.7 Å². The molecule has 0 radical (unpaired) electrons. The second-order valence-corrected chi connectivity index (χ2v) is 10.4. The second kappa shape index (κ2) is 9.29. The summed E-state index contributed by atoms with van der Waals surface area (Å²) in [4.78, 5) is 16.2. The number of rotatable bonds is 7. The zero-order chi connectivity index (χ0) is 24.7. The Morgan fingerprint density at radius 1 is 1.06 bits per heavy atom.